The summed E-state index contributed by atoms with van der Waals surface area (Å²) in [7, 11) is 3.44. The molecular weight excluding hydrogens is 813 g/mol. The maximum absolute atomic E-state index is 5.89. The van der Waals surface area contributed by atoms with Gasteiger partial charge in [-0.1, -0.05) is 183 Å². The fourth-order valence-electron chi connectivity index (χ4n) is 8.82. The van der Waals surface area contributed by atoms with Gasteiger partial charge in [-0.05, 0) is 79.4 Å². The summed E-state index contributed by atoms with van der Waals surface area (Å²) in [6, 6.07) is 0. The van der Waals surface area contributed by atoms with E-state index in [4.69, 9.17) is 37.9 Å². The van der Waals surface area contributed by atoms with Crippen molar-refractivity contribution in [1.29, 1.82) is 0 Å². The first-order valence-electron chi connectivity index (χ1n) is 27.5. The zero-order chi connectivity index (χ0) is 50.6. The third-order valence-corrected chi connectivity index (χ3v) is 16.3. The van der Waals surface area contributed by atoms with Crippen molar-refractivity contribution in [2.45, 2.75) is 241 Å². The van der Waals surface area contributed by atoms with E-state index in [-0.39, 0.29) is 24.1 Å². The van der Waals surface area contributed by atoms with Crippen molar-refractivity contribution in [3.63, 3.8) is 0 Å². The van der Waals surface area contributed by atoms with Crippen molar-refractivity contribution >= 4 is 0 Å². The molecule has 65 heavy (non-hydrogen) atoms. The van der Waals surface area contributed by atoms with E-state index in [0.29, 0.717) is 53.6 Å². The van der Waals surface area contributed by atoms with E-state index < -0.39 is 0 Å². The molecule has 0 amide bonds. The lowest BCUT2D eigenvalue weighted by molar-refractivity contribution is -0.246. The Morgan fingerprint density at radius 1 is 0.446 bits per heavy atom. The fraction of sp³-hybridized carbons (Fsp3) is 1.00. The third-order valence-electron chi connectivity index (χ3n) is 16.3. The van der Waals surface area contributed by atoms with Crippen LogP contribution < -0.4 is 0 Å². The summed E-state index contributed by atoms with van der Waals surface area (Å²) in [5, 5.41) is 0. The van der Waals surface area contributed by atoms with Crippen LogP contribution in [0.4, 0.5) is 0 Å². The Balaban J connectivity index is -0.000000755. The van der Waals surface area contributed by atoms with Gasteiger partial charge in [0.15, 0.2) is 12.6 Å². The summed E-state index contributed by atoms with van der Waals surface area (Å²) in [5.74, 6) is 6.04. The number of methoxy groups -OCH3 is 2. The van der Waals surface area contributed by atoms with Crippen LogP contribution >= 0.6 is 0 Å². The Kier molecular flexibility index (Phi) is 44.0. The molecule has 0 bridgehead atoms. The highest BCUT2D eigenvalue weighted by atomic mass is 16.7. The molecule has 2 saturated heterocycles. The Morgan fingerprint density at radius 3 is 1.12 bits per heavy atom. The first kappa shape index (κ1) is 68.9. The minimum absolute atomic E-state index is 0.00833. The molecule has 0 radical (unpaired) electrons. The molecule has 0 aliphatic carbocycles. The Bertz CT molecular complexity index is 951. The lowest BCUT2D eigenvalue weighted by Crippen LogP contribution is -2.47. The maximum Gasteiger partial charge on any atom is 0.160 e. The lowest BCUT2D eigenvalue weighted by Gasteiger charge is -2.42. The van der Waals surface area contributed by atoms with Crippen LogP contribution in [0.2, 0.25) is 0 Å². The molecule has 8 heteroatoms. The van der Waals surface area contributed by atoms with Crippen molar-refractivity contribution in [1.82, 2.24) is 0 Å². The van der Waals surface area contributed by atoms with Gasteiger partial charge in [0, 0.05) is 57.9 Å². The fourth-order valence-corrected chi connectivity index (χ4v) is 8.82. The average Bonchev–Trinajstić information content (AvgIpc) is 3.63. The largest absolute Gasteiger partial charge is 0.381 e. The minimum atomic E-state index is -0.0818. The molecule has 2 aliphatic heterocycles. The summed E-state index contributed by atoms with van der Waals surface area (Å²) in [6.07, 6.45) is 13.9. The highest BCUT2D eigenvalue weighted by Gasteiger charge is 2.41. The Hall–Kier alpha value is -0.320. The molecule has 8 nitrogen and oxygen atoms in total. The van der Waals surface area contributed by atoms with Gasteiger partial charge in [-0.15, -0.1) is 0 Å². The maximum atomic E-state index is 5.89. The SMILES string of the molecule is CCC(C)C(C)C(C)CC.CCC(C)C1OC(OC)C(C)C1C.CCC(CC)(CC)CC.CCCOCC(CC)(COCCC)COCCC.CCOCC1OC(OC)C(C)C(C)C1C. The first-order valence-corrected chi connectivity index (χ1v) is 27.5. The van der Waals surface area contributed by atoms with Gasteiger partial charge in [-0.2, -0.15) is 0 Å². The zero-order valence-electron chi connectivity index (χ0n) is 48.2. The average molecular weight is 934 g/mol. The van der Waals surface area contributed by atoms with Crippen molar-refractivity contribution in [2.24, 2.45) is 64.1 Å². The molecule has 12 unspecified atom stereocenters. The molecule has 2 aliphatic rings. The number of ether oxygens (including phenoxy) is 8. The Labute approximate surface area is 408 Å². The molecule has 2 rings (SSSR count). The van der Waals surface area contributed by atoms with Crippen LogP contribution in [0.3, 0.4) is 0 Å². The minimum Gasteiger partial charge on any atom is -0.381 e. The summed E-state index contributed by atoms with van der Waals surface area (Å²) in [6.45, 7) is 53.2. The second kappa shape index (κ2) is 41.5. The van der Waals surface area contributed by atoms with E-state index in [1.807, 2.05) is 6.92 Å². The first-order chi connectivity index (χ1) is 30.8. The van der Waals surface area contributed by atoms with Crippen molar-refractivity contribution in [3.8, 4) is 0 Å². The normalized spacial score (nSPS) is 26.2. The van der Waals surface area contributed by atoms with Gasteiger partial charge in [0.25, 0.3) is 0 Å². The van der Waals surface area contributed by atoms with Crippen LogP contribution in [0.1, 0.15) is 216 Å². The van der Waals surface area contributed by atoms with E-state index in [9.17, 15) is 0 Å². The molecule has 0 saturated carbocycles. The predicted molar refractivity (Wildman–Crippen MR) is 281 cm³/mol. The van der Waals surface area contributed by atoms with E-state index in [1.54, 1.807) is 14.2 Å². The molecule has 0 aromatic heterocycles. The quantitative estimate of drug-likeness (QED) is 0.0719. The molecule has 0 spiro atoms. The number of hydrogen-bond acceptors (Lipinski definition) is 8. The summed E-state index contributed by atoms with van der Waals surface area (Å²) in [4.78, 5) is 0. The standard InChI is InChI=1S/C15H32O3.C12H24O3.C11H22O2.C10H22.C9H20/c1-5-9-16-12-15(8-4,13-17-10-6-2)14-18-11-7-3;1-6-14-7-11-9(3)8(2)10(4)12(13-5)15-11;1-6-7(2)10-8(3)9(4)11(12-5)13-10;1-6-8(3)10(5)9(4)7-2;1-5-9(6-2,7-3)8-4/h5-14H2,1-4H3;8-12H,6-7H2,1-5H3;7-11H,6H2,1-5H3;8-10H,6-7H2,1-5H3;5-8H2,1-4H3. The van der Waals surface area contributed by atoms with Crippen molar-refractivity contribution in [3.05, 3.63) is 0 Å². The monoisotopic (exact) mass is 933 g/mol. The molecule has 0 aromatic rings. The van der Waals surface area contributed by atoms with E-state index in [0.717, 1.165) is 89.7 Å². The van der Waals surface area contributed by atoms with Crippen LogP contribution in [0.25, 0.3) is 0 Å². The summed E-state index contributed by atoms with van der Waals surface area (Å²) >= 11 is 0. The second-order valence-corrected chi connectivity index (χ2v) is 20.4. The molecular formula is C57H120O8. The van der Waals surface area contributed by atoms with Crippen LogP contribution in [0.15, 0.2) is 0 Å². The molecule has 0 N–H and O–H groups in total. The third kappa shape index (κ3) is 27.0. The molecule has 2 heterocycles. The lowest BCUT2D eigenvalue weighted by atomic mass is 9.78. The number of hydrogen-bond donors (Lipinski definition) is 0. The van der Waals surface area contributed by atoms with Crippen molar-refractivity contribution in [2.75, 3.05) is 67.1 Å². The van der Waals surface area contributed by atoms with Crippen molar-refractivity contribution < 1.29 is 37.9 Å². The summed E-state index contributed by atoms with van der Waals surface area (Å²) < 4.78 is 45.1. The van der Waals surface area contributed by atoms with E-state index in [2.05, 4.69) is 138 Å². The molecule has 12 atom stereocenters. The molecule has 2 fully saturated rings. The van der Waals surface area contributed by atoms with Gasteiger partial charge in [0.2, 0.25) is 0 Å². The molecule has 0 aromatic carbocycles. The molecule has 396 valence electrons. The van der Waals surface area contributed by atoms with Gasteiger partial charge < -0.3 is 37.9 Å². The smallest absolute Gasteiger partial charge is 0.160 e. The zero-order valence-corrected chi connectivity index (χ0v) is 48.2. The predicted octanol–water partition coefficient (Wildman–Crippen LogP) is 16.0. The second-order valence-electron chi connectivity index (χ2n) is 20.4. The van der Waals surface area contributed by atoms with Crippen LogP contribution in [0, 0.1) is 64.1 Å². The van der Waals surface area contributed by atoms with Crippen LogP contribution in [0.5, 0.6) is 0 Å². The number of rotatable bonds is 28. The van der Waals surface area contributed by atoms with Gasteiger partial charge in [0.1, 0.15) is 0 Å². The topological polar surface area (TPSA) is 73.8 Å². The van der Waals surface area contributed by atoms with Gasteiger partial charge >= 0.3 is 0 Å². The Morgan fingerprint density at radius 2 is 0.831 bits per heavy atom. The van der Waals surface area contributed by atoms with E-state index >= 15 is 0 Å². The van der Waals surface area contributed by atoms with Gasteiger partial charge in [-0.25, -0.2) is 0 Å². The van der Waals surface area contributed by atoms with Crippen LogP contribution in [-0.2, 0) is 37.9 Å². The summed E-state index contributed by atoms with van der Waals surface area (Å²) in [5.41, 5.74) is 0.694. The van der Waals surface area contributed by atoms with Gasteiger partial charge in [-0.3, -0.25) is 0 Å². The van der Waals surface area contributed by atoms with Crippen LogP contribution in [-0.4, -0.2) is 91.9 Å². The van der Waals surface area contributed by atoms with Gasteiger partial charge in [0.05, 0.1) is 38.6 Å². The van der Waals surface area contributed by atoms with E-state index in [1.165, 1.54) is 44.9 Å². The highest BCUT2D eigenvalue weighted by Crippen LogP contribution is 2.38. The highest BCUT2D eigenvalue weighted by molar-refractivity contribution is 4.85.